The van der Waals surface area contributed by atoms with Gasteiger partial charge in [0.2, 0.25) is 0 Å². The maximum absolute atomic E-state index is 8.73. The molecule has 0 radical (unpaired) electrons. The third-order valence-electron chi connectivity index (χ3n) is 3.16. The molecule has 0 bridgehead atoms. The standard InChI is InChI=1S/C16H17N3/c1-16(2,14-6-4-3-5-7-14)12-19-15-9-8-13(10-17)11-18-15/h3-9,11H,12H2,1-2H3,(H,18,19). The Hall–Kier alpha value is -2.34. The summed E-state index contributed by atoms with van der Waals surface area (Å²) in [6.07, 6.45) is 1.58. The van der Waals surface area contributed by atoms with E-state index >= 15 is 0 Å². The molecule has 19 heavy (non-hydrogen) atoms. The molecule has 3 nitrogen and oxygen atoms in total. The highest BCUT2D eigenvalue weighted by Gasteiger charge is 2.19. The van der Waals surface area contributed by atoms with Crippen LogP contribution in [-0.4, -0.2) is 11.5 Å². The zero-order valence-electron chi connectivity index (χ0n) is 11.2. The summed E-state index contributed by atoms with van der Waals surface area (Å²) >= 11 is 0. The van der Waals surface area contributed by atoms with Crippen LogP contribution in [0.1, 0.15) is 25.0 Å². The molecule has 0 atom stereocenters. The van der Waals surface area contributed by atoms with Gasteiger partial charge < -0.3 is 5.32 Å². The highest BCUT2D eigenvalue weighted by molar-refractivity contribution is 5.40. The second-order valence-corrected chi connectivity index (χ2v) is 5.15. The van der Waals surface area contributed by atoms with E-state index in [0.717, 1.165) is 12.4 Å². The number of hydrogen-bond acceptors (Lipinski definition) is 3. The summed E-state index contributed by atoms with van der Waals surface area (Å²) in [5.74, 6) is 0.794. The molecular formula is C16H17N3. The number of pyridine rings is 1. The van der Waals surface area contributed by atoms with Crippen LogP contribution in [0.3, 0.4) is 0 Å². The molecule has 0 spiro atoms. The lowest BCUT2D eigenvalue weighted by Gasteiger charge is -2.25. The average molecular weight is 251 g/mol. The predicted octanol–water partition coefficient (Wildman–Crippen LogP) is 3.34. The van der Waals surface area contributed by atoms with E-state index in [1.165, 1.54) is 5.56 Å². The molecule has 0 unspecified atom stereocenters. The van der Waals surface area contributed by atoms with Gasteiger partial charge in [-0.05, 0) is 17.7 Å². The van der Waals surface area contributed by atoms with Gasteiger partial charge >= 0.3 is 0 Å². The van der Waals surface area contributed by atoms with E-state index in [-0.39, 0.29) is 5.41 Å². The summed E-state index contributed by atoms with van der Waals surface area (Å²) in [6, 6.07) is 16.1. The van der Waals surface area contributed by atoms with Crippen LogP contribution >= 0.6 is 0 Å². The minimum atomic E-state index is 0.0246. The molecule has 96 valence electrons. The van der Waals surface area contributed by atoms with Crippen molar-refractivity contribution in [2.45, 2.75) is 19.3 Å². The quantitative estimate of drug-likeness (QED) is 0.906. The normalized spacial score (nSPS) is 10.8. The molecule has 0 aliphatic carbocycles. The van der Waals surface area contributed by atoms with Crippen molar-refractivity contribution in [1.29, 1.82) is 5.26 Å². The number of aromatic nitrogens is 1. The molecule has 0 aliphatic heterocycles. The van der Waals surface area contributed by atoms with Crippen LogP contribution in [-0.2, 0) is 5.41 Å². The first-order chi connectivity index (χ1) is 9.12. The number of nitriles is 1. The highest BCUT2D eigenvalue weighted by atomic mass is 15.0. The van der Waals surface area contributed by atoms with Gasteiger partial charge in [0, 0.05) is 18.2 Å². The van der Waals surface area contributed by atoms with E-state index < -0.39 is 0 Å². The Balaban J connectivity index is 2.03. The van der Waals surface area contributed by atoms with Crippen LogP contribution < -0.4 is 5.32 Å². The first-order valence-corrected chi connectivity index (χ1v) is 6.27. The highest BCUT2D eigenvalue weighted by Crippen LogP contribution is 2.23. The lowest BCUT2D eigenvalue weighted by Crippen LogP contribution is -2.27. The van der Waals surface area contributed by atoms with Gasteiger partial charge in [0.1, 0.15) is 11.9 Å². The zero-order valence-corrected chi connectivity index (χ0v) is 11.2. The van der Waals surface area contributed by atoms with Gasteiger partial charge in [-0.25, -0.2) is 4.98 Å². The van der Waals surface area contributed by atoms with Crippen molar-refractivity contribution in [3.8, 4) is 6.07 Å². The molecule has 1 aromatic carbocycles. The topological polar surface area (TPSA) is 48.7 Å². The van der Waals surface area contributed by atoms with Crippen molar-refractivity contribution in [1.82, 2.24) is 4.98 Å². The second kappa shape index (κ2) is 5.53. The summed E-state index contributed by atoms with van der Waals surface area (Å²) < 4.78 is 0. The van der Waals surface area contributed by atoms with Gasteiger partial charge in [0.25, 0.3) is 0 Å². The van der Waals surface area contributed by atoms with Gasteiger partial charge in [-0.1, -0.05) is 44.2 Å². The lowest BCUT2D eigenvalue weighted by molar-refractivity contribution is 0.556. The summed E-state index contributed by atoms with van der Waals surface area (Å²) in [5, 5.41) is 12.0. The number of anilines is 1. The Labute approximate surface area is 113 Å². The van der Waals surface area contributed by atoms with Crippen molar-refractivity contribution in [2.75, 3.05) is 11.9 Å². The lowest BCUT2D eigenvalue weighted by atomic mass is 9.84. The van der Waals surface area contributed by atoms with Crippen molar-refractivity contribution >= 4 is 5.82 Å². The van der Waals surface area contributed by atoms with E-state index in [9.17, 15) is 0 Å². The molecule has 1 heterocycles. The second-order valence-electron chi connectivity index (χ2n) is 5.15. The van der Waals surface area contributed by atoms with Crippen LogP contribution in [0.5, 0.6) is 0 Å². The van der Waals surface area contributed by atoms with Crippen LogP contribution in [0.25, 0.3) is 0 Å². The van der Waals surface area contributed by atoms with Gasteiger partial charge in [0.15, 0.2) is 0 Å². The Kier molecular flexibility index (Phi) is 3.82. The molecule has 3 heteroatoms. The fourth-order valence-electron chi connectivity index (χ4n) is 1.87. The van der Waals surface area contributed by atoms with Gasteiger partial charge in [-0.15, -0.1) is 0 Å². The summed E-state index contributed by atoms with van der Waals surface area (Å²) in [7, 11) is 0. The number of hydrogen-bond donors (Lipinski definition) is 1. The number of rotatable bonds is 4. The molecule has 0 saturated carbocycles. The van der Waals surface area contributed by atoms with Gasteiger partial charge in [-0.2, -0.15) is 5.26 Å². The van der Waals surface area contributed by atoms with E-state index in [1.807, 2.05) is 12.1 Å². The Bertz CT molecular complexity index is 565. The molecule has 1 aromatic heterocycles. The number of benzene rings is 1. The predicted molar refractivity (Wildman–Crippen MR) is 76.9 cm³/mol. The Morgan fingerprint density at radius 3 is 2.47 bits per heavy atom. The molecule has 0 fully saturated rings. The number of nitrogens with zero attached hydrogens (tertiary/aromatic N) is 2. The first-order valence-electron chi connectivity index (χ1n) is 6.27. The molecule has 0 saturated heterocycles. The largest absolute Gasteiger partial charge is 0.369 e. The summed E-state index contributed by atoms with van der Waals surface area (Å²) in [6.45, 7) is 5.17. The Morgan fingerprint density at radius 2 is 1.89 bits per heavy atom. The Morgan fingerprint density at radius 1 is 1.16 bits per heavy atom. The molecule has 1 N–H and O–H groups in total. The molecule has 2 aromatic rings. The maximum Gasteiger partial charge on any atom is 0.125 e. The zero-order chi connectivity index (χ0) is 13.7. The van der Waals surface area contributed by atoms with Crippen molar-refractivity contribution in [2.24, 2.45) is 0 Å². The smallest absolute Gasteiger partial charge is 0.125 e. The molecule has 0 aliphatic rings. The van der Waals surface area contributed by atoms with E-state index in [1.54, 1.807) is 12.3 Å². The number of nitrogens with one attached hydrogen (secondary N) is 1. The van der Waals surface area contributed by atoms with Gasteiger partial charge in [-0.3, -0.25) is 0 Å². The SMILES string of the molecule is CC(C)(CNc1ccc(C#N)cn1)c1ccccc1. The van der Waals surface area contributed by atoms with E-state index in [0.29, 0.717) is 5.56 Å². The molecular weight excluding hydrogens is 234 g/mol. The summed E-state index contributed by atoms with van der Waals surface area (Å²) in [4.78, 5) is 4.21. The summed E-state index contributed by atoms with van der Waals surface area (Å²) in [5.41, 5.74) is 1.89. The van der Waals surface area contributed by atoms with E-state index in [4.69, 9.17) is 5.26 Å². The molecule has 0 amide bonds. The van der Waals surface area contributed by atoms with Crippen molar-refractivity contribution in [3.05, 3.63) is 59.8 Å². The minimum Gasteiger partial charge on any atom is -0.369 e. The maximum atomic E-state index is 8.73. The average Bonchev–Trinajstić information content (AvgIpc) is 2.47. The van der Waals surface area contributed by atoms with Crippen LogP contribution in [0, 0.1) is 11.3 Å². The van der Waals surface area contributed by atoms with Crippen molar-refractivity contribution < 1.29 is 0 Å². The third kappa shape index (κ3) is 3.32. The minimum absolute atomic E-state index is 0.0246. The van der Waals surface area contributed by atoms with Gasteiger partial charge in [0.05, 0.1) is 5.56 Å². The van der Waals surface area contributed by atoms with Crippen LogP contribution in [0.4, 0.5) is 5.82 Å². The fraction of sp³-hybridized carbons (Fsp3) is 0.250. The fourth-order valence-corrected chi connectivity index (χ4v) is 1.87. The first kappa shape index (κ1) is 13.1. The monoisotopic (exact) mass is 251 g/mol. The van der Waals surface area contributed by atoms with Crippen molar-refractivity contribution in [3.63, 3.8) is 0 Å². The third-order valence-corrected chi connectivity index (χ3v) is 3.16. The molecule has 2 rings (SSSR count). The van der Waals surface area contributed by atoms with Crippen LogP contribution in [0.15, 0.2) is 48.7 Å². The van der Waals surface area contributed by atoms with Crippen LogP contribution in [0.2, 0.25) is 0 Å². The van der Waals surface area contributed by atoms with E-state index in [2.05, 4.69) is 54.5 Å².